The standard InChI is InChI=1S/C25H31N7/c1-17-25-21-10-9-18(20-14-26-31(4)16-20)13-22(21)24(11-12-32(25)29-28-17)27-23-8-6-5-7-19(23)15-30(2)3/h5-10,13-14,16-17,24-25,27H,11-12,15H2,1-4H3. The fraction of sp³-hybridized carbons (Fsp3) is 0.400. The number of anilines is 1. The second kappa shape index (κ2) is 8.39. The first kappa shape index (κ1) is 20.7. The van der Waals surface area contributed by atoms with Crippen LogP contribution in [-0.4, -0.2) is 46.4 Å². The molecule has 1 N–H and O–H groups in total. The predicted octanol–water partition coefficient (Wildman–Crippen LogP) is 4.82. The summed E-state index contributed by atoms with van der Waals surface area (Å²) in [5.41, 5.74) is 7.48. The molecule has 2 aromatic carbocycles. The van der Waals surface area contributed by atoms with E-state index in [1.807, 2.05) is 17.9 Å². The third-order valence-corrected chi connectivity index (χ3v) is 6.43. The Hall–Kier alpha value is -3.19. The van der Waals surface area contributed by atoms with Gasteiger partial charge in [-0.25, -0.2) is 0 Å². The summed E-state index contributed by atoms with van der Waals surface area (Å²) in [6, 6.07) is 16.0. The van der Waals surface area contributed by atoms with Crippen LogP contribution in [0.3, 0.4) is 0 Å². The van der Waals surface area contributed by atoms with Gasteiger partial charge in [-0.15, -0.1) is 0 Å². The van der Waals surface area contributed by atoms with Crippen LogP contribution in [0.2, 0.25) is 0 Å². The maximum Gasteiger partial charge on any atom is 0.0979 e. The van der Waals surface area contributed by atoms with E-state index in [0.29, 0.717) is 0 Å². The van der Waals surface area contributed by atoms with Gasteiger partial charge in [-0.3, -0.25) is 9.69 Å². The molecule has 166 valence electrons. The highest BCUT2D eigenvalue weighted by molar-refractivity contribution is 5.65. The monoisotopic (exact) mass is 429 g/mol. The largest absolute Gasteiger partial charge is 0.378 e. The van der Waals surface area contributed by atoms with Crippen molar-refractivity contribution in [2.24, 2.45) is 17.4 Å². The van der Waals surface area contributed by atoms with Gasteiger partial charge in [0.25, 0.3) is 0 Å². The van der Waals surface area contributed by atoms with Crippen LogP contribution in [0.1, 0.15) is 42.1 Å². The van der Waals surface area contributed by atoms with Crippen molar-refractivity contribution in [3.05, 3.63) is 71.5 Å². The van der Waals surface area contributed by atoms with E-state index >= 15 is 0 Å². The van der Waals surface area contributed by atoms with Crippen molar-refractivity contribution < 1.29 is 0 Å². The van der Waals surface area contributed by atoms with Crippen molar-refractivity contribution >= 4 is 5.69 Å². The second-order valence-electron chi connectivity index (χ2n) is 9.18. The molecular formula is C25H31N7. The molecule has 0 radical (unpaired) electrons. The molecule has 0 bridgehead atoms. The smallest absolute Gasteiger partial charge is 0.0979 e. The molecule has 3 atom stereocenters. The summed E-state index contributed by atoms with van der Waals surface area (Å²) in [4.78, 5) is 2.21. The van der Waals surface area contributed by atoms with Crippen molar-refractivity contribution in [1.82, 2.24) is 19.7 Å². The van der Waals surface area contributed by atoms with Gasteiger partial charge in [-0.1, -0.05) is 35.6 Å². The van der Waals surface area contributed by atoms with E-state index in [4.69, 9.17) is 0 Å². The summed E-state index contributed by atoms with van der Waals surface area (Å²) in [7, 11) is 6.18. The normalized spacial score (nSPS) is 22.0. The van der Waals surface area contributed by atoms with Crippen LogP contribution in [0.5, 0.6) is 0 Å². The molecule has 3 unspecified atom stereocenters. The van der Waals surface area contributed by atoms with Crippen LogP contribution in [0.25, 0.3) is 11.1 Å². The number of para-hydroxylation sites is 1. The lowest BCUT2D eigenvalue weighted by Gasteiger charge is -2.25. The molecule has 2 aliphatic heterocycles. The highest BCUT2D eigenvalue weighted by Gasteiger charge is 2.37. The summed E-state index contributed by atoms with van der Waals surface area (Å²) in [5.74, 6) is 0. The van der Waals surface area contributed by atoms with E-state index in [9.17, 15) is 0 Å². The number of hydrogen-bond donors (Lipinski definition) is 1. The maximum atomic E-state index is 4.49. The number of rotatable bonds is 5. The minimum atomic E-state index is 0.151. The van der Waals surface area contributed by atoms with Crippen LogP contribution in [-0.2, 0) is 13.6 Å². The fourth-order valence-electron chi connectivity index (χ4n) is 4.91. The van der Waals surface area contributed by atoms with E-state index in [2.05, 4.69) is 100 Å². The summed E-state index contributed by atoms with van der Waals surface area (Å²) < 4.78 is 1.85. The van der Waals surface area contributed by atoms with E-state index in [1.54, 1.807) is 0 Å². The van der Waals surface area contributed by atoms with Gasteiger partial charge in [-0.05, 0) is 61.8 Å². The Labute approximate surface area is 189 Å². The first-order valence-corrected chi connectivity index (χ1v) is 11.3. The van der Waals surface area contributed by atoms with Gasteiger partial charge in [0.2, 0.25) is 0 Å². The highest BCUT2D eigenvalue weighted by atomic mass is 15.6. The summed E-state index contributed by atoms with van der Waals surface area (Å²) >= 11 is 0. The highest BCUT2D eigenvalue weighted by Crippen LogP contribution is 2.42. The fourth-order valence-corrected chi connectivity index (χ4v) is 4.91. The quantitative estimate of drug-likeness (QED) is 0.632. The molecule has 0 fully saturated rings. The van der Waals surface area contributed by atoms with Gasteiger partial charge in [0.15, 0.2) is 0 Å². The van der Waals surface area contributed by atoms with E-state index in [-0.39, 0.29) is 18.1 Å². The number of hydrogen-bond acceptors (Lipinski definition) is 6. The number of aromatic nitrogens is 2. The average molecular weight is 430 g/mol. The lowest BCUT2D eigenvalue weighted by atomic mass is 9.90. The van der Waals surface area contributed by atoms with Crippen molar-refractivity contribution in [1.29, 1.82) is 0 Å². The van der Waals surface area contributed by atoms with Crippen LogP contribution in [0, 0.1) is 0 Å². The van der Waals surface area contributed by atoms with Crippen molar-refractivity contribution in [2.45, 2.75) is 38.0 Å². The third kappa shape index (κ3) is 3.88. The Kier molecular flexibility index (Phi) is 5.43. The van der Waals surface area contributed by atoms with Gasteiger partial charge < -0.3 is 10.2 Å². The van der Waals surface area contributed by atoms with Crippen LogP contribution in [0.15, 0.2) is 65.2 Å². The van der Waals surface area contributed by atoms with Gasteiger partial charge in [0, 0.05) is 37.6 Å². The van der Waals surface area contributed by atoms with Gasteiger partial charge in [-0.2, -0.15) is 10.2 Å². The Morgan fingerprint density at radius 2 is 1.94 bits per heavy atom. The molecule has 0 spiro atoms. The Morgan fingerprint density at radius 3 is 2.72 bits per heavy atom. The number of benzene rings is 2. The SMILES string of the molecule is CC1N=NN2CCC(Nc3ccccc3CN(C)C)c3cc(-c4cnn(C)c4)ccc3C12. The molecule has 7 nitrogen and oxygen atoms in total. The molecule has 3 aromatic rings. The summed E-state index contributed by atoms with van der Waals surface area (Å²) in [6.45, 7) is 3.94. The number of nitrogens with zero attached hydrogens (tertiary/aromatic N) is 6. The van der Waals surface area contributed by atoms with Gasteiger partial charge >= 0.3 is 0 Å². The molecule has 0 amide bonds. The van der Waals surface area contributed by atoms with Crippen molar-refractivity contribution in [2.75, 3.05) is 26.0 Å². The maximum absolute atomic E-state index is 4.49. The van der Waals surface area contributed by atoms with Crippen LogP contribution >= 0.6 is 0 Å². The van der Waals surface area contributed by atoms with Crippen molar-refractivity contribution in [3.63, 3.8) is 0 Å². The Morgan fingerprint density at radius 1 is 1.09 bits per heavy atom. The second-order valence-corrected chi connectivity index (χ2v) is 9.18. The molecule has 1 aromatic heterocycles. The number of aryl methyl sites for hydroxylation is 1. The zero-order valence-electron chi connectivity index (χ0n) is 19.2. The minimum Gasteiger partial charge on any atom is -0.378 e. The molecule has 0 saturated carbocycles. The summed E-state index contributed by atoms with van der Waals surface area (Å²) in [6.07, 6.45) is 4.97. The Bertz CT molecular complexity index is 1130. The van der Waals surface area contributed by atoms with Crippen LogP contribution < -0.4 is 5.32 Å². The van der Waals surface area contributed by atoms with Crippen LogP contribution in [0.4, 0.5) is 5.69 Å². The molecular weight excluding hydrogens is 398 g/mol. The lowest BCUT2D eigenvalue weighted by Crippen LogP contribution is -2.25. The van der Waals surface area contributed by atoms with E-state index in [1.165, 1.54) is 27.9 Å². The molecule has 2 aliphatic rings. The topological polar surface area (TPSA) is 61.1 Å². The minimum absolute atomic E-state index is 0.151. The van der Waals surface area contributed by atoms with E-state index in [0.717, 1.165) is 25.1 Å². The van der Waals surface area contributed by atoms with Gasteiger partial charge in [0.05, 0.1) is 24.3 Å². The molecule has 7 heteroatoms. The average Bonchev–Trinajstić information content (AvgIpc) is 3.33. The summed E-state index contributed by atoms with van der Waals surface area (Å²) in [5, 5.41) is 19.4. The first-order valence-electron chi connectivity index (χ1n) is 11.3. The zero-order valence-corrected chi connectivity index (χ0v) is 19.2. The predicted molar refractivity (Wildman–Crippen MR) is 127 cm³/mol. The third-order valence-electron chi connectivity index (χ3n) is 6.43. The molecule has 0 aliphatic carbocycles. The first-order chi connectivity index (χ1) is 15.5. The molecule has 32 heavy (non-hydrogen) atoms. The molecule has 0 saturated heterocycles. The van der Waals surface area contributed by atoms with E-state index < -0.39 is 0 Å². The van der Waals surface area contributed by atoms with Gasteiger partial charge in [0.1, 0.15) is 0 Å². The lowest BCUT2D eigenvalue weighted by molar-refractivity contribution is 0.227. The number of nitrogens with one attached hydrogen (secondary N) is 1. The molecule has 5 rings (SSSR count). The van der Waals surface area contributed by atoms with Crippen molar-refractivity contribution in [3.8, 4) is 11.1 Å². The zero-order chi connectivity index (χ0) is 22.2. The Balaban J connectivity index is 1.56. The molecule has 3 heterocycles. The number of fused-ring (bicyclic) bond motifs is 3.